The number of hydrogen-bond acceptors (Lipinski definition) is 1. The summed E-state index contributed by atoms with van der Waals surface area (Å²) in [5.41, 5.74) is 0.871. The van der Waals surface area contributed by atoms with Crippen LogP contribution >= 0.6 is 0 Å². The maximum absolute atomic E-state index is 12.1. The Morgan fingerprint density at radius 2 is 2.00 bits per heavy atom. The zero-order valence-corrected chi connectivity index (χ0v) is 9.94. The quantitative estimate of drug-likeness (QED) is 0.744. The first-order valence-corrected chi connectivity index (χ1v) is 5.68. The van der Waals surface area contributed by atoms with Gasteiger partial charge in [0.1, 0.15) is 0 Å². The second-order valence-corrected chi connectivity index (χ2v) is 5.09. The van der Waals surface area contributed by atoms with Crippen molar-refractivity contribution in [2.75, 3.05) is 6.54 Å². The summed E-state index contributed by atoms with van der Waals surface area (Å²) in [6.45, 7) is 9.51. The first-order valence-electron chi connectivity index (χ1n) is 5.68. The van der Waals surface area contributed by atoms with Crippen molar-refractivity contribution in [1.82, 2.24) is 4.90 Å². The Morgan fingerprint density at radius 1 is 1.38 bits per heavy atom. The molecule has 1 radical (unpaired) electrons. The van der Waals surface area contributed by atoms with Crippen LogP contribution in [0.5, 0.6) is 0 Å². The van der Waals surface area contributed by atoms with Crippen molar-refractivity contribution in [1.29, 1.82) is 0 Å². The van der Waals surface area contributed by atoms with E-state index < -0.39 is 0 Å². The van der Waals surface area contributed by atoms with Crippen LogP contribution in [0, 0.1) is 18.3 Å². The first kappa shape index (κ1) is 11.2. The highest BCUT2D eigenvalue weighted by molar-refractivity contribution is 5.84. The van der Waals surface area contributed by atoms with Gasteiger partial charge in [-0.05, 0) is 18.4 Å². The second-order valence-electron chi connectivity index (χ2n) is 5.09. The number of nitrogens with zero attached hydrogens (tertiary/aromatic N) is 1. The third kappa shape index (κ3) is 1.84. The molecule has 0 saturated carbocycles. The molecule has 1 heterocycles. The highest BCUT2D eigenvalue weighted by Crippen LogP contribution is 2.36. The predicted octanol–water partition coefficient (Wildman–Crippen LogP) is 2.51. The molecule has 0 aromatic heterocycles. The third-order valence-corrected chi connectivity index (χ3v) is 3.52. The normalized spacial score (nSPS) is 23.8. The minimum absolute atomic E-state index is 0.184. The van der Waals surface area contributed by atoms with Crippen molar-refractivity contribution >= 4 is 5.91 Å². The molecule has 1 atom stereocenters. The molecule has 1 aromatic carbocycles. The van der Waals surface area contributed by atoms with E-state index in [0.29, 0.717) is 6.54 Å². The fraction of sp³-hybridized carbons (Fsp3) is 0.429. The summed E-state index contributed by atoms with van der Waals surface area (Å²) in [6, 6.07) is 10.1. The van der Waals surface area contributed by atoms with Crippen molar-refractivity contribution in [2.24, 2.45) is 11.3 Å². The summed E-state index contributed by atoms with van der Waals surface area (Å²) in [7, 11) is 0. The van der Waals surface area contributed by atoms with E-state index in [-0.39, 0.29) is 17.2 Å². The molecule has 1 aliphatic heterocycles. The smallest absolute Gasteiger partial charge is 0.228 e. The van der Waals surface area contributed by atoms with Crippen LogP contribution < -0.4 is 0 Å². The lowest BCUT2D eigenvalue weighted by atomic mass is 9.83. The molecule has 0 N–H and O–H groups in total. The lowest BCUT2D eigenvalue weighted by Crippen LogP contribution is -2.31. The van der Waals surface area contributed by atoms with Gasteiger partial charge in [-0.2, -0.15) is 0 Å². The van der Waals surface area contributed by atoms with Gasteiger partial charge in [0.2, 0.25) is 5.91 Å². The van der Waals surface area contributed by atoms with Crippen LogP contribution in [0.25, 0.3) is 0 Å². The molecule has 0 bridgehead atoms. The van der Waals surface area contributed by atoms with Gasteiger partial charge in [0.05, 0.1) is 0 Å². The molecule has 2 nitrogen and oxygen atoms in total. The number of benzene rings is 1. The molecule has 85 valence electrons. The zero-order valence-electron chi connectivity index (χ0n) is 9.94. The maximum atomic E-state index is 12.1. The Labute approximate surface area is 97.3 Å². The molecule has 1 amide bonds. The SMILES string of the molecule is [CH2]C1CN(Cc2ccccc2)C(=O)C1(C)C. The topological polar surface area (TPSA) is 20.3 Å². The summed E-state index contributed by atoms with van der Waals surface area (Å²) in [5.74, 6) is 0.403. The molecular weight excluding hydrogens is 198 g/mol. The highest BCUT2D eigenvalue weighted by Gasteiger charge is 2.44. The van der Waals surface area contributed by atoms with Gasteiger partial charge in [-0.3, -0.25) is 4.79 Å². The van der Waals surface area contributed by atoms with Crippen molar-refractivity contribution in [3.05, 3.63) is 42.8 Å². The van der Waals surface area contributed by atoms with Gasteiger partial charge in [-0.1, -0.05) is 44.2 Å². The van der Waals surface area contributed by atoms with Crippen molar-refractivity contribution in [3.8, 4) is 0 Å². The molecule has 1 aromatic rings. The van der Waals surface area contributed by atoms with Gasteiger partial charge < -0.3 is 4.90 Å². The Bertz CT molecular complexity index is 383. The van der Waals surface area contributed by atoms with Gasteiger partial charge in [-0.15, -0.1) is 0 Å². The molecule has 0 aliphatic carbocycles. The van der Waals surface area contributed by atoms with E-state index in [4.69, 9.17) is 0 Å². The van der Waals surface area contributed by atoms with Crippen LogP contribution in [0.15, 0.2) is 30.3 Å². The predicted molar refractivity (Wildman–Crippen MR) is 64.5 cm³/mol. The molecule has 0 spiro atoms. The standard InChI is InChI=1S/C14H18NO/c1-11-9-15(13(16)14(11,2)3)10-12-7-5-4-6-8-12/h4-8,11H,1,9-10H2,2-3H3. The number of hydrogen-bond donors (Lipinski definition) is 0. The average Bonchev–Trinajstić information content (AvgIpc) is 2.45. The van der Waals surface area contributed by atoms with Gasteiger partial charge in [-0.25, -0.2) is 0 Å². The van der Waals surface area contributed by atoms with E-state index in [1.54, 1.807) is 0 Å². The summed E-state index contributed by atoms with van der Waals surface area (Å²) < 4.78 is 0. The van der Waals surface area contributed by atoms with Crippen molar-refractivity contribution in [3.63, 3.8) is 0 Å². The minimum Gasteiger partial charge on any atom is -0.338 e. The lowest BCUT2D eigenvalue weighted by molar-refractivity contribution is -0.135. The number of likely N-dealkylation sites (tertiary alicyclic amines) is 1. The number of carbonyl (C=O) groups excluding carboxylic acids is 1. The summed E-state index contributed by atoms with van der Waals surface area (Å²) >= 11 is 0. The van der Waals surface area contributed by atoms with Gasteiger partial charge in [0.15, 0.2) is 0 Å². The van der Waals surface area contributed by atoms with Crippen molar-refractivity contribution < 1.29 is 4.79 Å². The van der Waals surface area contributed by atoms with Crippen LogP contribution in [0.3, 0.4) is 0 Å². The van der Waals surface area contributed by atoms with E-state index >= 15 is 0 Å². The molecule has 1 saturated heterocycles. The summed E-state index contributed by atoms with van der Waals surface area (Å²) in [4.78, 5) is 14.0. The Kier molecular flexibility index (Phi) is 2.75. The van der Waals surface area contributed by atoms with Crippen molar-refractivity contribution in [2.45, 2.75) is 20.4 Å². The van der Waals surface area contributed by atoms with Crippen LogP contribution in [-0.4, -0.2) is 17.4 Å². The van der Waals surface area contributed by atoms with E-state index in [1.807, 2.05) is 36.9 Å². The first-order chi connectivity index (χ1) is 7.51. The van der Waals surface area contributed by atoms with Crippen LogP contribution in [-0.2, 0) is 11.3 Å². The molecule has 16 heavy (non-hydrogen) atoms. The third-order valence-electron chi connectivity index (χ3n) is 3.52. The van der Waals surface area contributed by atoms with Crippen LogP contribution in [0.2, 0.25) is 0 Å². The zero-order chi connectivity index (χ0) is 11.8. The largest absolute Gasteiger partial charge is 0.338 e. The summed E-state index contributed by atoms with van der Waals surface area (Å²) in [6.07, 6.45) is 0. The molecule has 2 rings (SSSR count). The molecule has 1 fully saturated rings. The monoisotopic (exact) mass is 216 g/mol. The molecule has 2 heteroatoms. The van der Waals surface area contributed by atoms with Gasteiger partial charge >= 0.3 is 0 Å². The molecule has 1 aliphatic rings. The lowest BCUT2D eigenvalue weighted by Gasteiger charge is -2.20. The van der Waals surface area contributed by atoms with E-state index in [1.165, 1.54) is 5.56 Å². The fourth-order valence-corrected chi connectivity index (χ4v) is 2.10. The van der Waals surface area contributed by atoms with Gasteiger partial charge in [0, 0.05) is 18.5 Å². The maximum Gasteiger partial charge on any atom is 0.228 e. The van der Waals surface area contributed by atoms with Crippen LogP contribution in [0.1, 0.15) is 19.4 Å². The van der Waals surface area contributed by atoms with Gasteiger partial charge in [0.25, 0.3) is 0 Å². The Morgan fingerprint density at radius 3 is 2.50 bits per heavy atom. The van der Waals surface area contributed by atoms with E-state index in [0.717, 1.165) is 6.54 Å². The second kappa shape index (κ2) is 3.93. The average molecular weight is 216 g/mol. The highest BCUT2D eigenvalue weighted by atomic mass is 16.2. The Balaban J connectivity index is 2.11. The van der Waals surface area contributed by atoms with E-state index in [2.05, 4.69) is 19.1 Å². The van der Waals surface area contributed by atoms with E-state index in [9.17, 15) is 4.79 Å². The minimum atomic E-state index is -0.311. The van der Waals surface area contributed by atoms with Crippen LogP contribution in [0.4, 0.5) is 0 Å². The number of carbonyl (C=O) groups is 1. The molecule has 1 unspecified atom stereocenters. The molecular formula is C14H18NO. The summed E-state index contributed by atoms with van der Waals surface area (Å²) in [5, 5.41) is 0. The Hall–Kier alpha value is -1.31. The number of rotatable bonds is 2. The fourth-order valence-electron chi connectivity index (χ4n) is 2.10. The number of amides is 1.